The van der Waals surface area contributed by atoms with Crippen molar-refractivity contribution in [1.29, 1.82) is 0 Å². The lowest BCUT2D eigenvalue weighted by Gasteiger charge is -2.13. The van der Waals surface area contributed by atoms with E-state index in [9.17, 15) is 14.4 Å². The van der Waals surface area contributed by atoms with E-state index >= 15 is 0 Å². The minimum atomic E-state index is -0.273. The Morgan fingerprint density at radius 1 is 1.60 bits per heavy atom. The van der Waals surface area contributed by atoms with Crippen LogP contribution in [0.5, 0.6) is 0 Å². The van der Waals surface area contributed by atoms with E-state index in [-0.39, 0.29) is 48.8 Å². The second-order valence-corrected chi connectivity index (χ2v) is 4.35. The summed E-state index contributed by atoms with van der Waals surface area (Å²) in [6.07, 6.45) is 2.20. The molecular formula is C9H14N2O3S. The van der Waals surface area contributed by atoms with Crippen LogP contribution in [-0.4, -0.2) is 47.1 Å². The summed E-state index contributed by atoms with van der Waals surface area (Å²) in [5.74, 6) is -0.510. The van der Waals surface area contributed by atoms with Crippen molar-refractivity contribution >= 4 is 29.4 Å². The number of amides is 2. The summed E-state index contributed by atoms with van der Waals surface area (Å²) in [5.41, 5.74) is 5.14. The van der Waals surface area contributed by atoms with Crippen LogP contribution in [0.4, 0.5) is 0 Å². The predicted octanol–water partition coefficient (Wildman–Crippen LogP) is -0.605. The molecule has 5 nitrogen and oxygen atoms in total. The molecule has 0 aliphatic carbocycles. The summed E-state index contributed by atoms with van der Waals surface area (Å²) in [5, 5.41) is -0.273. The summed E-state index contributed by atoms with van der Waals surface area (Å²) in [7, 11) is 0. The largest absolute Gasteiger partial charge is 0.324 e. The van der Waals surface area contributed by atoms with Crippen molar-refractivity contribution in [2.24, 2.45) is 5.73 Å². The van der Waals surface area contributed by atoms with Crippen molar-refractivity contribution in [3.05, 3.63) is 0 Å². The number of thioether (sulfide) groups is 1. The van der Waals surface area contributed by atoms with Crippen LogP contribution in [0, 0.1) is 0 Å². The maximum Gasteiger partial charge on any atom is 0.242 e. The lowest BCUT2D eigenvalue weighted by Crippen LogP contribution is -2.34. The molecule has 84 valence electrons. The molecule has 0 aromatic heterocycles. The third-order valence-electron chi connectivity index (χ3n) is 2.33. The van der Waals surface area contributed by atoms with Crippen LogP contribution in [0.1, 0.15) is 12.8 Å². The fraction of sp³-hybridized carbons (Fsp3) is 0.667. The van der Waals surface area contributed by atoms with Crippen LogP contribution in [0.2, 0.25) is 0 Å². The zero-order chi connectivity index (χ0) is 11.4. The third kappa shape index (κ3) is 2.79. The van der Waals surface area contributed by atoms with Crippen molar-refractivity contribution < 1.29 is 14.4 Å². The van der Waals surface area contributed by atoms with Gasteiger partial charge in [-0.3, -0.25) is 19.3 Å². The van der Waals surface area contributed by atoms with Gasteiger partial charge in [-0.25, -0.2) is 0 Å². The Kier molecular flexibility index (Phi) is 4.28. The molecule has 2 N–H and O–H groups in total. The van der Waals surface area contributed by atoms with Gasteiger partial charge in [0, 0.05) is 19.4 Å². The number of carbonyl (C=O) groups is 3. The molecule has 1 aliphatic heterocycles. The normalized spacial score (nSPS) is 21.2. The number of likely N-dealkylation sites (tertiary alicyclic amines) is 1. The SMILES string of the molecule is CSC1CC(=O)N(CCC(=O)CN)C1=O. The standard InChI is InChI=1S/C9H14N2O3S/c1-15-7-4-8(13)11(9(7)14)3-2-6(12)5-10/h7H,2-5,10H2,1H3. The number of nitrogens with two attached hydrogens (primary N) is 1. The molecule has 0 aromatic carbocycles. The number of carbonyl (C=O) groups excluding carboxylic acids is 3. The Bertz CT molecular complexity index is 293. The van der Waals surface area contributed by atoms with Gasteiger partial charge in [0.05, 0.1) is 11.8 Å². The van der Waals surface area contributed by atoms with Gasteiger partial charge in [-0.2, -0.15) is 11.8 Å². The van der Waals surface area contributed by atoms with E-state index in [0.29, 0.717) is 0 Å². The minimum Gasteiger partial charge on any atom is -0.324 e. The van der Waals surface area contributed by atoms with Crippen LogP contribution in [0.15, 0.2) is 0 Å². The van der Waals surface area contributed by atoms with Gasteiger partial charge in [-0.05, 0) is 6.26 Å². The second-order valence-electron chi connectivity index (χ2n) is 3.30. The van der Waals surface area contributed by atoms with E-state index in [2.05, 4.69) is 0 Å². The summed E-state index contributed by atoms with van der Waals surface area (Å²) in [6, 6.07) is 0. The summed E-state index contributed by atoms with van der Waals surface area (Å²) >= 11 is 1.37. The average Bonchev–Trinajstić information content (AvgIpc) is 2.51. The zero-order valence-corrected chi connectivity index (χ0v) is 9.38. The molecule has 0 saturated carbocycles. The Balaban J connectivity index is 2.51. The number of ketones is 1. The Labute approximate surface area is 92.4 Å². The molecule has 0 bridgehead atoms. The molecule has 1 aliphatic rings. The van der Waals surface area contributed by atoms with Crippen LogP contribution < -0.4 is 5.73 Å². The Hall–Kier alpha value is -0.880. The molecule has 6 heteroatoms. The molecule has 0 spiro atoms. The molecule has 0 radical (unpaired) electrons. The van der Waals surface area contributed by atoms with Crippen molar-refractivity contribution in [2.75, 3.05) is 19.3 Å². The maximum atomic E-state index is 11.6. The fourth-order valence-corrected chi connectivity index (χ4v) is 2.05. The van der Waals surface area contributed by atoms with Crippen LogP contribution in [0.3, 0.4) is 0 Å². The predicted molar refractivity (Wildman–Crippen MR) is 57.3 cm³/mol. The summed E-state index contributed by atoms with van der Waals surface area (Å²) in [6.45, 7) is 0.132. The van der Waals surface area contributed by atoms with Gasteiger partial charge < -0.3 is 5.73 Å². The first kappa shape index (κ1) is 12.2. The van der Waals surface area contributed by atoms with Crippen molar-refractivity contribution in [1.82, 2.24) is 4.90 Å². The molecule has 15 heavy (non-hydrogen) atoms. The van der Waals surface area contributed by atoms with Gasteiger partial charge in [-0.1, -0.05) is 0 Å². The van der Waals surface area contributed by atoms with E-state index in [1.807, 2.05) is 0 Å². The highest BCUT2D eigenvalue weighted by Gasteiger charge is 2.37. The number of rotatable bonds is 5. The monoisotopic (exact) mass is 230 g/mol. The first-order chi connectivity index (χ1) is 7.10. The van der Waals surface area contributed by atoms with Crippen LogP contribution in [-0.2, 0) is 14.4 Å². The highest BCUT2D eigenvalue weighted by atomic mass is 32.2. The molecule has 1 saturated heterocycles. The molecular weight excluding hydrogens is 216 g/mol. The second kappa shape index (κ2) is 5.27. The van der Waals surface area contributed by atoms with Crippen molar-refractivity contribution in [3.8, 4) is 0 Å². The van der Waals surface area contributed by atoms with Crippen molar-refractivity contribution in [2.45, 2.75) is 18.1 Å². The van der Waals surface area contributed by atoms with E-state index in [1.54, 1.807) is 6.26 Å². The smallest absolute Gasteiger partial charge is 0.242 e. The highest BCUT2D eigenvalue weighted by molar-refractivity contribution is 8.00. The van der Waals surface area contributed by atoms with Crippen LogP contribution >= 0.6 is 11.8 Å². The Morgan fingerprint density at radius 3 is 2.73 bits per heavy atom. The Morgan fingerprint density at radius 2 is 2.27 bits per heavy atom. The molecule has 1 rings (SSSR count). The molecule has 1 fully saturated rings. The maximum absolute atomic E-state index is 11.6. The first-order valence-corrected chi connectivity index (χ1v) is 5.97. The van der Waals surface area contributed by atoms with E-state index in [0.717, 1.165) is 4.90 Å². The molecule has 1 unspecified atom stereocenters. The van der Waals surface area contributed by atoms with Gasteiger partial charge in [0.2, 0.25) is 11.8 Å². The fourth-order valence-electron chi connectivity index (χ4n) is 1.41. The lowest BCUT2D eigenvalue weighted by atomic mass is 10.3. The highest BCUT2D eigenvalue weighted by Crippen LogP contribution is 2.22. The zero-order valence-electron chi connectivity index (χ0n) is 8.56. The van der Waals surface area contributed by atoms with Gasteiger partial charge >= 0.3 is 0 Å². The number of nitrogens with zero attached hydrogens (tertiary/aromatic N) is 1. The number of hydrogen-bond donors (Lipinski definition) is 1. The average molecular weight is 230 g/mol. The van der Waals surface area contributed by atoms with Gasteiger partial charge in [0.25, 0.3) is 0 Å². The summed E-state index contributed by atoms with van der Waals surface area (Å²) < 4.78 is 0. The summed E-state index contributed by atoms with van der Waals surface area (Å²) in [4.78, 5) is 35.1. The number of Topliss-reactive ketones (excluding diaryl/α,β-unsaturated/α-hetero) is 1. The molecule has 1 heterocycles. The molecule has 0 aromatic rings. The minimum absolute atomic E-state index is 0.0395. The topological polar surface area (TPSA) is 80.5 Å². The molecule has 1 atom stereocenters. The number of hydrogen-bond acceptors (Lipinski definition) is 5. The van der Waals surface area contributed by atoms with E-state index < -0.39 is 0 Å². The van der Waals surface area contributed by atoms with E-state index in [4.69, 9.17) is 5.73 Å². The molecule has 2 amide bonds. The van der Waals surface area contributed by atoms with Gasteiger partial charge in [-0.15, -0.1) is 0 Å². The van der Waals surface area contributed by atoms with Crippen LogP contribution in [0.25, 0.3) is 0 Å². The number of imide groups is 1. The lowest BCUT2D eigenvalue weighted by molar-refractivity contribution is -0.138. The van der Waals surface area contributed by atoms with Gasteiger partial charge in [0.1, 0.15) is 5.78 Å². The quantitative estimate of drug-likeness (QED) is 0.638. The first-order valence-electron chi connectivity index (χ1n) is 4.69. The third-order valence-corrected chi connectivity index (χ3v) is 3.27. The van der Waals surface area contributed by atoms with Gasteiger partial charge in [0.15, 0.2) is 0 Å². The van der Waals surface area contributed by atoms with Crippen molar-refractivity contribution in [3.63, 3.8) is 0 Å². The van der Waals surface area contributed by atoms with E-state index in [1.165, 1.54) is 11.8 Å².